The van der Waals surface area contributed by atoms with Gasteiger partial charge in [-0.25, -0.2) is 4.39 Å². The van der Waals surface area contributed by atoms with Gasteiger partial charge < -0.3 is 5.11 Å². The molecule has 0 aliphatic rings. The highest BCUT2D eigenvalue weighted by molar-refractivity contribution is 5.82. The fourth-order valence-corrected chi connectivity index (χ4v) is 2.04. The van der Waals surface area contributed by atoms with E-state index < -0.39 is 0 Å². The Morgan fingerprint density at radius 2 is 1.95 bits per heavy atom. The fraction of sp³-hybridized carbons (Fsp3) is 0.278. The third kappa shape index (κ3) is 3.76. The quantitative estimate of drug-likeness (QED) is 0.841. The molecule has 0 spiro atoms. The summed E-state index contributed by atoms with van der Waals surface area (Å²) in [6.07, 6.45) is 1.76. The molecule has 0 atom stereocenters. The maximum Gasteiger partial charge on any atom is 0.123 e. The molecule has 0 aromatic heterocycles. The molecule has 0 unspecified atom stereocenters. The number of hydrogen-bond acceptors (Lipinski definition) is 2. The average molecular weight is 285 g/mol. The maximum atomic E-state index is 13.1. The molecule has 0 aliphatic carbocycles. The van der Waals surface area contributed by atoms with Crippen LogP contribution in [0.2, 0.25) is 0 Å². The molecule has 0 radical (unpaired) electrons. The van der Waals surface area contributed by atoms with Crippen LogP contribution >= 0.6 is 0 Å². The van der Waals surface area contributed by atoms with Crippen molar-refractivity contribution in [3.63, 3.8) is 0 Å². The number of aliphatic hydroxyl groups excluding tert-OH is 1. The molecule has 0 amide bonds. The van der Waals surface area contributed by atoms with Crippen molar-refractivity contribution in [2.45, 2.75) is 26.2 Å². The van der Waals surface area contributed by atoms with Crippen LogP contribution in [0.5, 0.6) is 0 Å². The number of rotatable bonds is 4. The van der Waals surface area contributed by atoms with Crippen LogP contribution in [0.4, 0.5) is 10.1 Å². The minimum Gasteiger partial charge on any atom is -0.395 e. The molecule has 0 heterocycles. The van der Waals surface area contributed by atoms with E-state index in [-0.39, 0.29) is 17.8 Å². The van der Waals surface area contributed by atoms with Gasteiger partial charge in [0.15, 0.2) is 0 Å². The van der Waals surface area contributed by atoms with Crippen LogP contribution in [0.3, 0.4) is 0 Å². The van der Waals surface area contributed by atoms with Crippen LogP contribution in [0.15, 0.2) is 47.5 Å². The Morgan fingerprint density at radius 1 is 1.19 bits per heavy atom. The Hall–Kier alpha value is -2.00. The number of aliphatic hydroxyl groups is 1. The van der Waals surface area contributed by atoms with Gasteiger partial charge in [-0.1, -0.05) is 32.0 Å². The van der Waals surface area contributed by atoms with Crippen LogP contribution in [0.1, 0.15) is 30.5 Å². The van der Waals surface area contributed by atoms with Crippen molar-refractivity contribution in [3.05, 3.63) is 65.0 Å². The van der Waals surface area contributed by atoms with Gasteiger partial charge in [-0.05, 0) is 47.9 Å². The molecule has 1 N–H and O–H groups in total. The zero-order valence-electron chi connectivity index (χ0n) is 12.6. The average Bonchev–Trinajstić information content (AvgIpc) is 2.46. The first-order valence-corrected chi connectivity index (χ1v) is 6.94. The van der Waals surface area contributed by atoms with E-state index in [1.54, 1.807) is 12.3 Å². The molecule has 2 aromatic carbocycles. The first-order valence-electron chi connectivity index (χ1n) is 6.94. The van der Waals surface area contributed by atoms with Crippen molar-refractivity contribution in [1.29, 1.82) is 0 Å². The highest BCUT2D eigenvalue weighted by atomic mass is 19.1. The molecule has 21 heavy (non-hydrogen) atoms. The molecule has 0 fully saturated rings. The Bertz CT molecular complexity index is 662. The summed E-state index contributed by atoms with van der Waals surface area (Å²) in [6.45, 7) is 5.91. The van der Waals surface area contributed by atoms with Crippen LogP contribution in [0.25, 0.3) is 0 Å². The summed E-state index contributed by atoms with van der Waals surface area (Å²) in [6, 6.07) is 12.5. The van der Waals surface area contributed by atoms with Crippen molar-refractivity contribution >= 4 is 11.9 Å². The van der Waals surface area contributed by atoms with E-state index >= 15 is 0 Å². The van der Waals surface area contributed by atoms with Gasteiger partial charge in [0.25, 0.3) is 0 Å². The van der Waals surface area contributed by atoms with Gasteiger partial charge in [0, 0.05) is 11.6 Å². The summed E-state index contributed by atoms with van der Waals surface area (Å²) >= 11 is 0. The molecule has 0 aliphatic heterocycles. The van der Waals surface area contributed by atoms with Crippen LogP contribution < -0.4 is 0 Å². The SMILES string of the molecule is Cc1cc(F)ccc1N=Cc1cccc(C(C)(C)CO)c1. The van der Waals surface area contributed by atoms with Gasteiger partial charge in [-0.15, -0.1) is 0 Å². The number of benzene rings is 2. The molecule has 3 heteroatoms. The van der Waals surface area contributed by atoms with Gasteiger partial charge in [0.1, 0.15) is 5.82 Å². The lowest BCUT2D eigenvalue weighted by Gasteiger charge is -2.22. The summed E-state index contributed by atoms with van der Waals surface area (Å²) in [5.41, 5.74) is 3.29. The van der Waals surface area contributed by atoms with Crippen molar-refractivity contribution in [2.24, 2.45) is 4.99 Å². The second-order valence-electron chi connectivity index (χ2n) is 5.86. The molecule has 2 nitrogen and oxygen atoms in total. The second kappa shape index (κ2) is 6.19. The molecule has 0 saturated carbocycles. The number of nitrogens with zero attached hydrogens (tertiary/aromatic N) is 1. The van der Waals surface area contributed by atoms with Gasteiger partial charge in [0.2, 0.25) is 0 Å². The lowest BCUT2D eigenvalue weighted by atomic mass is 9.85. The molecule has 0 bridgehead atoms. The number of halogens is 1. The lowest BCUT2D eigenvalue weighted by molar-refractivity contribution is 0.218. The predicted octanol–water partition coefficient (Wildman–Crippen LogP) is 4.15. The first-order chi connectivity index (χ1) is 9.92. The summed E-state index contributed by atoms with van der Waals surface area (Å²) in [4.78, 5) is 4.41. The summed E-state index contributed by atoms with van der Waals surface area (Å²) in [5, 5.41) is 9.44. The topological polar surface area (TPSA) is 32.6 Å². The smallest absolute Gasteiger partial charge is 0.123 e. The van der Waals surface area contributed by atoms with Gasteiger partial charge in [-0.3, -0.25) is 4.99 Å². The van der Waals surface area contributed by atoms with Gasteiger partial charge >= 0.3 is 0 Å². The van der Waals surface area contributed by atoms with E-state index in [0.717, 1.165) is 22.4 Å². The molecular formula is C18H20FNO. The molecular weight excluding hydrogens is 265 g/mol. The van der Waals surface area contributed by atoms with E-state index in [0.29, 0.717) is 0 Å². The lowest BCUT2D eigenvalue weighted by Crippen LogP contribution is -2.22. The van der Waals surface area contributed by atoms with Crippen molar-refractivity contribution in [2.75, 3.05) is 6.61 Å². The second-order valence-corrected chi connectivity index (χ2v) is 5.86. The Kier molecular flexibility index (Phi) is 4.53. The molecule has 2 aromatic rings. The number of aryl methyl sites for hydroxylation is 1. The Labute approximate surface area is 125 Å². The largest absolute Gasteiger partial charge is 0.395 e. The highest BCUT2D eigenvalue weighted by Crippen LogP contribution is 2.23. The monoisotopic (exact) mass is 285 g/mol. The molecule has 2 rings (SSSR count). The summed E-state index contributed by atoms with van der Waals surface area (Å²) in [7, 11) is 0. The fourth-order valence-electron chi connectivity index (χ4n) is 2.04. The van der Waals surface area contributed by atoms with Crippen LogP contribution in [-0.2, 0) is 5.41 Å². The van der Waals surface area contributed by atoms with E-state index in [4.69, 9.17) is 0 Å². The van der Waals surface area contributed by atoms with E-state index in [9.17, 15) is 9.50 Å². The van der Waals surface area contributed by atoms with Crippen molar-refractivity contribution < 1.29 is 9.50 Å². The van der Waals surface area contributed by atoms with Gasteiger partial charge in [-0.2, -0.15) is 0 Å². The zero-order valence-corrected chi connectivity index (χ0v) is 12.6. The van der Waals surface area contributed by atoms with Gasteiger partial charge in [0.05, 0.1) is 12.3 Å². The summed E-state index contributed by atoms with van der Waals surface area (Å²) in [5.74, 6) is -0.252. The van der Waals surface area contributed by atoms with Crippen LogP contribution in [-0.4, -0.2) is 17.9 Å². The predicted molar refractivity (Wildman–Crippen MR) is 84.9 cm³/mol. The van der Waals surface area contributed by atoms with E-state index in [1.165, 1.54) is 12.1 Å². The van der Waals surface area contributed by atoms with Crippen molar-refractivity contribution in [3.8, 4) is 0 Å². The van der Waals surface area contributed by atoms with E-state index in [1.807, 2.05) is 45.0 Å². The maximum absolute atomic E-state index is 13.1. The third-order valence-electron chi connectivity index (χ3n) is 3.57. The normalized spacial score (nSPS) is 12.0. The molecule has 0 saturated heterocycles. The summed E-state index contributed by atoms with van der Waals surface area (Å²) < 4.78 is 13.1. The Morgan fingerprint density at radius 3 is 2.62 bits per heavy atom. The minimum absolute atomic E-state index is 0.0880. The minimum atomic E-state index is -0.282. The zero-order chi connectivity index (χ0) is 15.5. The first kappa shape index (κ1) is 15.4. The van der Waals surface area contributed by atoms with Crippen LogP contribution in [0, 0.1) is 12.7 Å². The standard InChI is InChI=1S/C18H20FNO/c1-13-9-16(19)7-8-17(13)20-11-14-5-4-6-15(10-14)18(2,3)12-21/h4-11,21H,12H2,1-3H3. The third-order valence-corrected chi connectivity index (χ3v) is 3.57. The highest BCUT2D eigenvalue weighted by Gasteiger charge is 2.19. The van der Waals surface area contributed by atoms with Crippen molar-refractivity contribution in [1.82, 2.24) is 0 Å². The molecule has 110 valence electrons. The number of aliphatic imine (C=N–C) groups is 1. The van der Waals surface area contributed by atoms with E-state index in [2.05, 4.69) is 4.99 Å². The number of hydrogen-bond donors (Lipinski definition) is 1. The Balaban J connectivity index is 2.27.